The normalized spacial score (nSPS) is 13.8. The summed E-state index contributed by atoms with van der Waals surface area (Å²) in [6.07, 6.45) is 5.64. The van der Waals surface area contributed by atoms with Crippen LogP contribution in [-0.4, -0.2) is 55.4 Å². The van der Waals surface area contributed by atoms with E-state index in [0.29, 0.717) is 21.1 Å². The Kier molecular flexibility index (Phi) is 5.69. The number of nitrogens with one attached hydrogen (secondary N) is 2. The second-order valence-corrected chi connectivity index (χ2v) is 8.77. The van der Waals surface area contributed by atoms with Crippen LogP contribution in [0.5, 0.6) is 0 Å². The predicted octanol–water partition coefficient (Wildman–Crippen LogP) is 2.03. The molecule has 2 aliphatic rings. The molecule has 194 valence electrons. The Morgan fingerprint density at radius 3 is 1.23 bits per heavy atom. The summed E-state index contributed by atoms with van der Waals surface area (Å²) < 4.78 is 0. The van der Waals surface area contributed by atoms with Gasteiger partial charge < -0.3 is 0 Å². The monoisotopic (exact) mass is 532 g/mol. The average Bonchev–Trinajstić information content (AvgIpc) is 3.37. The van der Waals surface area contributed by atoms with Crippen LogP contribution in [0.3, 0.4) is 0 Å². The van der Waals surface area contributed by atoms with Gasteiger partial charge >= 0.3 is 0 Å². The lowest BCUT2D eigenvalue weighted by atomic mass is 9.97. The van der Waals surface area contributed by atoms with E-state index in [1.807, 2.05) is 0 Å². The molecule has 0 radical (unpaired) electrons. The lowest BCUT2D eigenvalue weighted by molar-refractivity contribution is 0.0513. The summed E-state index contributed by atoms with van der Waals surface area (Å²) in [5.74, 6) is -4.13. The minimum atomic E-state index is -0.721. The summed E-state index contributed by atoms with van der Waals surface area (Å²) in [4.78, 5) is 84.4. The molecule has 12 nitrogen and oxygen atoms in total. The first-order valence-electron chi connectivity index (χ1n) is 11.8. The summed E-state index contributed by atoms with van der Waals surface area (Å²) in [5, 5.41) is 1.29. The van der Waals surface area contributed by atoms with Crippen LogP contribution in [0.4, 0.5) is 0 Å². The third kappa shape index (κ3) is 3.96. The number of carbonyl (C=O) groups excluding carboxylic acids is 6. The van der Waals surface area contributed by atoms with Gasteiger partial charge in [-0.1, -0.05) is 12.1 Å². The number of pyridine rings is 2. The van der Waals surface area contributed by atoms with Gasteiger partial charge in [0.1, 0.15) is 0 Å². The lowest BCUT2D eigenvalue weighted by Crippen LogP contribution is -2.45. The van der Waals surface area contributed by atoms with Crippen molar-refractivity contribution in [3.63, 3.8) is 0 Å². The Morgan fingerprint density at radius 2 is 0.850 bits per heavy atom. The molecule has 2 N–H and O–H groups in total. The number of fused-ring (bicyclic) bond motifs is 2. The zero-order valence-corrected chi connectivity index (χ0v) is 20.3. The highest BCUT2D eigenvalue weighted by Crippen LogP contribution is 2.31. The molecule has 2 aromatic carbocycles. The van der Waals surface area contributed by atoms with E-state index in [2.05, 4.69) is 20.8 Å². The number of rotatable bonds is 5. The van der Waals surface area contributed by atoms with Gasteiger partial charge in [-0.2, -0.15) is 10.0 Å². The highest BCUT2D eigenvalue weighted by Gasteiger charge is 2.39. The largest absolute Gasteiger partial charge is 0.280 e. The van der Waals surface area contributed by atoms with Crippen LogP contribution in [0, 0.1) is 0 Å². The van der Waals surface area contributed by atoms with Gasteiger partial charge in [0.05, 0.1) is 22.3 Å². The van der Waals surface area contributed by atoms with Gasteiger partial charge in [-0.3, -0.25) is 49.6 Å². The molecule has 6 amide bonds. The molecule has 40 heavy (non-hydrogen) atoms. The average molecular weight is 532 g/mol. The minimum Gasteiger partial charge on any atom is -0.267 e. The molecular formula is C28H16N6O6. The topological polar surface area (TPSA) is 159 Å². The van der Waals surface area contributed by atoms with E-state index in [-0.39, 0.29) is 33.4 Å². The molecule has 0 unspecified atom stereocenters. The van der Waals surface area contributed by atoms with Crippen molar-refractivity contribution in [2.45, 2.75) is 0 Å². The zero-order valence-electron chi connectivity index (χ0n) is 20.3. The third-order valence-corrected chi connectivity index (χ3v) is 6.42. The smallest absolute Gasteiger partial charge is 0.267 e. The molecular weight excluding hydrogens is 516 g/mol. The molecule has 0 bridgehead atoms. The standard InChI is InChI=1S/C28H16N6O6/c35-23(15-5-9-29-10-6-15)31-33-25(37)19-3-1-17(13-21(19)27(33)39)18-2-4-20-22(14-18)28(40)34(26(20)38)32-24(36)16-7-11-30-12-8-16/h1-14H,(H,31,35)(H,32,36). The van der Waals surface area contributed by atoms with Gasteiger partial charge in [0, 0.05) is 35.9 Å². The fourth-order valence-corrected chi connectivity index (χ4v) is 4.38. The number of imide groups is 2. The number of hydrogen-bond acceptors (Lipinski definition) is 8. The molecule has 0 saturated heterocycles. The van der Waals surface area contributed by atoms with E-state index >= 15 is 0 Å². The number of benzene rings is 2. The zero-order chi connectivity index (χ0) is 28.0. The first-order chi connectivity index (χ1) is 19.3. The van der Waals surface area contributed by atoms with E-state index in [4.69, 9.17) is 0 Å². The van der Waals surface area contributed by atoms with Crippen molar-refractivity contribution in [3.05, 3.63) is 119 Å². The highest BCUT2D eigenvalue weighted by atomic mass is 16.2. The Morgan fingerprint density at radius 1 is 0.500 bits per heavy atom. The van der Waals surface area contributed by atoms with E-state index < -0.39 is 35.4 Å². The number of amides is 6. The van der Waals surface area contributed by atoms with Crippen LogP contribution >= 0.6 is 0 Å². The summed E-state index contributed by atoms with van der Waals surface area (Å²) in [6.45, 7) is 0. The van der Waals surface area contributed by atoms with Gasteiger partial charge in [0.25, 0.3) is 35.4 Å². The molecule has 4 heterocycles. The van der Waals surface area contributed by atoms with Gasteiger partial charge in [0.2, 0.25) is 0 Å². The van der Waals surface area contributed by atoms with Gasteiger partial charge in [-0.25, -0.2) is 0 Å². The Balaban J connectivity index is 1.24. The van der Waals surface area contributed by atoms with Crippen LogP contribution < -0.4 is 10.9 Å². The molecule has 4 aromatic rings. The lowest BCUT2D eigenvalue weighted by Gasteiger charge is -2.14. The first kappa shape index (κ1) is 24.3. The summed E-state index contributed by atoms with van der Waals surface area (Å²) in [5.41, 5.74) is 6.38. The number of hydrazine groups is 2. The van der Waals surface area contributed by atoms with Gasteiger partial charge in [-0.05, 0) is 59.7 Å². The van der Waals surface area contributed by atoms with Crippen molar-refractivity contribution in [3.8, 4) is 11.1 Å². The van der Waals surface area contributed by atoms with Crippen LogP contribution in [0.15, 0.2) is 85.5 Å². The van der Waals surface area contributed by atoms with Crippen molar-refractivity contribution in [2.75, 3.05) is 0 Å². The highest BCUT2D eigenvalue weighted by molar-refractivity contribution is 6.23. The molecule has 0 aliphatic carbocycles. The van der Waals surface area contributed by atoms with Crippen molar-refractivity contribution in [1.82, 2.24) is 30.8 Å². The number of nitrogens with zero attached hydrogens (tertiary/aromatic N) is 4. The molecule has 0 saturated carbocycles. The summed E-state index contributed by atoms with van der Waals surface area (Å²) in [7, 11) is 0. The Labute approximate surface area is 225 Å². The van der Waals surface area contributed by atoms with E-state index in [0.717, 1.165) is 0 Å². The van der Waals surface area contributed by atoms with Crippen molar-refractivity contribution in [2.24, 2.45) is 0 Å². The molecule has 12 heteroatoms. The number of hydrogen-bond donors (Lipinski definition) is 2. The number of carbonyl (C=O) groups is 6. The van der Waals surface area contributed by atoms with Gasteiger partial charge in [-0.15, -0.1) is 0 Å². The molecule has 2 aromatic heterocycles. The quantitative estimate of drug-likeness (QED) is 0.370. The van der Waals surface area contributed by atoms with E-state index in [9.17, 15) is 28.8 Å². The maximum absolute atomic E-state index is 13.0. The van der Waals surface area contributed by atoms with Crippen molar-refractivity contribution in [1.29, 1.82) is 0 Å². The molecule has 2 aliphatic heterocycles. The summed E-state index contributed by atoms with van der Waals surface area (Å²) >= 11 is 0. The summed E-state index contributed by atoms with van der Waals surface area (Å²) in [6, 6.07) is 14.8. The first-order valence-corrected chi connectivity index (χ1v) is 11.8. The third-order valence-electron chi connectivity index (χ3n) is 6.42. The molecule has 0 fully saturated rings. The second-order valence-electron chi connectivity index (χ2n) is 8.77. The van der Waals surface area contributed by atoms with Crippen LogP contribution in [0.2, 0.25) is 0 Å². The Hall–Kier alpha value is -6.04. The van der Waals surface area contributed by atoms with E-state index in [1.54, 1.807) is 12.1 Å². The minimum absolute atomic E-state index is 0.0617. The van der Waals surface area contributed by atoms with Crippen LogP contribution in [0.1, 0.15) is 62.1 Å². The maximum Gasteiger partial charge on any atom is 0.280 e. The number of aromatic nitrogens is 2. The van der Waals surface area contributed by atoms with Crippen molar-refractivity contribution >= 4 is 35.4 Å². The molecule has 6 rings (SSSR count). The van der Waals surface area contributed by atoms with E-state index in [1.165, 1.54) is 73.3 Å². The second kappa shape index (κ2) is 9.36. The Bertz CT molecular complexity index is 1640. The fourth-order valence-electron chi connectivity index (χ4n) is 4.38. The van der Waals surface area contributed by atoms with Crippen LogP contribution in [0.25, 0.3) is 11.1 Å². The van der Waals surface area contributed by atoms with Crippen LogP contribution in [-0.2, 0) is 0 Å². The van der Waals surface area contributed by atoms with Gasteiger partial charge in [0.15, 0.2) is 0 Å². The molecule has 0 spiro atoms. The molecule has 0 atom stereocenters. The maximum atomic E-state index is 13.0. The fraction of sp³-hybridized carbons (Fsp3) is 0. The SMILES string of the molecule is O=C(NN1C(=O)c2ccc(-c3ccc4c(c3)C(=O)N(NC(=O)c3ccncc3)C4=O)cc2C1=O)c1ccncc1. The predicted molar refractivity (Wildman–Crippen MR) is 136 cm³/mol. The van der Waals surface area contributed by atoms with Crippen molar-refractivity contribution < 1.29 is 28.8 Å².